The first-order valence-corrected chi connectivity index (χ1v) is 11.2. The molecule has 3 rings (SSSR count). The minimum atomic E-state index is -3.99. The third-order valence-electron chi connectivity index (χ3n) is 4.76. The molecule has 168 valence electrons. The Morgan fingerprint density at radius 1 is 1.23 bits per heavy atom. The molecule has 2 aromatic rings. The van der Waals surface area contributed by atoms with E-state index in [1.165, 1.54) is 19.3 Å². The number of benzene rings is 1. The van der Waals surface area contributed by atoms with Crippen molar-refractivity contribution in [2.75, 3.05) is 26.2 Å². The van der Waals surface area contributed by atoms with Gasteiger partial charge >= 0.3 is 11.8 Å². The maximum absolute atomic E-state index is 13.4. The average molecular weight is 453 g/mol. The van der Waals surface area contributed by atoms with Crippen LogP contribution in [0.2, 0.25) is 0 Å². The Hall–Kier alpha value is -2.76. The van der Waals surface area contributed by atoms with Crippen LogP contribution >= 0.6 is 0 Å². The number of carbonyl (C=O) groups is 2. The largest absolute Gasteiger partial charge is 0.469 e. The van der Waals surface area contributed by atoms with Gasteiger partial charge in [-0.1, -0.05) is 0 Å². The SMILES string of the molecule is Cc1cc(F)ccc1S(=O)(=O)N1CCCO[C@H]1CNC(=O)C(=O)NCCc1ccco1. The van der Waals surface area contributed by atoms with Crippen LogP contribution in [0.4, 0.5) is 4.39 Å². The van der Waals surface area contributed by atoms with Gasteiger partial charge < -0.3 is 19.8 Å². The van der Waals surface area contributed by atoms with Crippen molar-refractivity contribution in [2.24, 2.45) is 0 Å². The first kappa shape index (κ1) is 22.9. The van der Waals surface area contributed by atoms with Gasteiger partial charge in [0, 0.05) is 19.5 Å². The van der Waals surface area contributed by atoms with Gasteiger partial charge in [0.2, 0.25) is 10.0 Å². The molecule has 9 nitrogen and oxygen atoms in total. The minimum absolute atomic E-state index is 0.0357. The van der Waals surface area contributed by atoms with Crippen LogP contribution in [0.1, 0.15) is 17.7 Å². The Labute approximate surface area is 179 Å². The number of nitrogens with one attached hydrogen (secondary N) is 2. The molecule has 0 spiro atoms. The number of halogens is 1. The van der Waals surface area contributed by atoms with Crippen molar-refractivity contribution in [1.82, 2.24) is 14.9 Å². The van der Waals surface area contributed by atoms with Gasteiger partial charge in [-0.05, 0) is 49.2 Å². The molecular formula is C20H24FN3O6S. The van der Waals surface area contributed by atoms with Gasteiger partial charge in [0.05, 0.1) is 24.3 Å². The van der Waals surface area contributed by atoms with E-state index in [0.717, 1.165) is 16.4 Å². The lowest BCUT2D eigenvalue weighted by Gasteiger charge is -2.34. The maximum Gasteiger partial charge on any atom is 0.309 e. The summed E-state index contributed by atoms with van der Waals surface area (Å²) in [5, 5.41) is 4.88. The summed E-state index contributed by atoms with van der Waals surface area (Å²) in [5.74, 6) is -1.60. The number of nitrogens with zero attached hydrogens (tertiary/aromatic N) is 1. The third-order valence-corrected chi connectivity index (χ3v) is 6.81. The number of ether oxygens (including phenoxy) is 1. The lowest BCUT2D eigenvalue weighted by atomic mass is 10.2. The third kappa shape index (κ3) is 5.69. The highest BCUT2D eigenvalue weighted by molar-refractivity contribution is 7.89. The Balaban J connectivity index is 1.59. The van der Waals surface area contributed by atoms with Gasteiger partial charge in [-0.25, -0.2) is 12.8 Å². The van der Waals surface area contributed by atoms with E-state index in [9.17, 15) is 22.4 Å². The zero-order valence-electron chi connectivity index (χ0n) is 17.0. The standard InChI is InChI=1S/C20H24FN3O6S/c1-14-12-15(21)5-6-17(14)31(27,28)24-9-3-11-30-18(24)13-23-20(26)19(25)22-8-7-16-4-2-10-29-16/h2,4-6,10,12,18H,3,7-9,11,13H2,1H3,(H,22,25)(H,23,26)/t18-/m0/s1. The number of hydrogen-bond acceptors (Lipinski definition) is 6. The van der Waals surface area contributed by atoms with Crippen LogP contribution < -0.4 is 10.6 Å². The summed E-state index contributed by atoms with van der Waals surface area (Å²) in [7, 11) is -3.99. The number of amides is 2. The lowest BCUT2D eigenvalue weighted by molar-refractivity contribution is -0.140. The van der Waals surface area contributed by atoms with Gasteiger partial charge in [-0.15, -0.1) is 0 Å². The fraction of sp³-hybridized carbons (Fsp3) is 0.400. The summed E-state index contributed by atoms with van der Waals surface area (Å²) in [6, 6.07) is 6.90. The Morgan fingerprint density at radius 2 is 2.00 bits per heavy atom. The molecule has 0 unspecified atom stereocenters. The van der Waals surface area contributed by atoms with Gasteiger partial charge in [-0.2, -0.15) is 4.31 Å². The molecule has 1 aliphatic rings. The molecule has 0 saturated carbocycles. The van der Waals surface area contributed by atoms with E-state index in [-0.39, 0.29) is 30.1 Å². The highest BCUT2D eigenvalue weighted by Crippen LogP contribution is 2.25. The minimum Gasteiger partial charge on any atom is -0.469 e. The van der Waals surface area contributed by atoms with E-state index in [1.54, 1.807) is 12.1 Å². The maximum atomic E-state index is 13.4. The van der Waals surface area contributed by atoms with Crippen LogP contribution in [0.3, 0.4) is 0 Å². The van der Waals surface area contributed by atoms with Crippen LogP contribution in [-0.2, 0) is 30.8 Å². The predicted octanol–water partition coefficient (Wildman–Crippen LogP) is 0.939. The molecule has 31 heavy (non-hydrogen) atoms. The average Bonchev–Trinajstić information content (AvgIpc) is 3.25. The summed E-state index contributed by atoms with van der Waals surface area (Å²) in [4.78, 5) is 24.0. The normalized spacial score (nSPS) is 17.3. The van der Waals surface area contributed by atoms with Gasteiger partial charge in [0.1, 0.15) is 17.8 Å². The fourth-order valence-corrected chi connectivity index (χ4v) is 5.00. The summed E-state index contributed by atoms with van der Waals surface area (Å²) in [6.45, 7) is 2.00. The first-order valence-electron chi connectivity index (χ1n) is 9.77. The van der Waals surface area contributed by atoms with Gasteiger partial charge in [0.25, 0.3) is 0 Å². The van der Waals surface area contributed by atoms with Crippen molar-refractivity contribution in [3.8, 4) is 0 Å². The molecule has 1 fully saturated rings. The van der Waals surface area contributed by atoms with E-state index in [1.807, 2.05) is 0 Å². The molecule has 0 aliphatic carbocycles. The predicted molar refractivity (Wildman–Crippen MR) is 108 cm³/mol. The summed E-state index contributed by atoms with van der Waals surface area (Å²) < 4.78 is 51.4. The summed E-state index contributed by atoms with van der Waals surface area (Å²) in [5.41, 5.74) is 0.268. The second kappa shape index (κ2) is 10.0. The molecule has 1 aliphatic heterocycles. The molecule has 0 radical (unpaired) electrons. The van der Waals surface area contributed by atoms with Crippen LogP contribution in [0.25, 0.3) is 0 Å². The van der Waals surface area contributed by atoms with E-state index in [2.05, 4.69) is 10.6 Å². The molecule has 2 N–H and O–H groups in total. The zero-order valence-corrected chi connectivity index (χ0v) is 17.8. The molecule has 1 aromatic carbocycles. The van der Waals surface area contributed by atoms with Crippen LogP contribution in [0, 0.1) is 12.7 Å². The second-order valence-corrected chi connectivity index (χ2v) is 8.86. The lowest BCUT2D eigenvalue weighted by Crippen LogP contribution is -2.53. The molecule has 2 amide bonds. The van der Waals surface area contributed by atoms with Gasteiger partial charge in [0.15, 0.2) is 0 Å². The fourth-order valence-electron chi connectivity index (χ4n) is 3.23. The molecule has 0 bridgehead atoms. The molecule has 2 heterocycles. The van der Waals surface area contributed by atoms with Gasteiger partial charge in [-0.3, -0.25) is 9.59 Å². The van der Waals surface area contributed by atoms with E-state index >= 15 is 0 Å². The highest BCUT2D eigenvalue weighted by Gasteiger charge is 2.35. The number of hydrogen-bond donors (Lipinski definition) is 2. The molecular weight excluding hydrogens is 429 g/mol. The topological polar surface area (TPSA) is 118 Å². The Bertz CT molecular complexity index is 1030. The van der Waals surface area contributed by atoms with Crippen LogP contribution in [0.5, 0.6) is 0 Å². The van der Waals surface area contributed by atoms with Crippen molar-refractivity contribution in [3.05, 3.63) is 53.7 Å². The second-order valence-electron chi connectivity index (χ2n) is 7.00. The number of sulfonamides is 1. The molecule has 1 saturated heterocycles. The molecule has 1 aromatic heterocycles. The summed E-state index contributed by atoms with van der Waals surface area (Å²) in [6.07, 6.45) is 1.43. The Kier molecular flexibility index (Phi) is 7.42. The van der Waals surface area contributed by atoms with Crippen molar-refractivity contribution in [1.29, 1.82) is 0 Å². The van der Waals surface area contributed by atoms with Crippen LogP contribution in [-0.4, -0.2) is 57.0 Å². The molecule has 1 atom stereocenters. The van der Waals surface area contributed by atoms with Crippen molar-refractivity contribution in [2.45, 2.75) is 30.9 Å². The zero-order chi connectivity index (χ0) is 22.4. The van der Waals surface area contributed by atoms with E-state index in [4.69, 9.17) is 9.15 Å². The van der Waals surface area contributed by atoms with Crippen molar-refractivity contribution in [3.63, 3.8) is 0 Å². The van der Waals surface area contributed by atoms with Crippen molar-refractivity contribution >= 4 is 21.8 Å². The monoisotopic (exact) mass is 453 g/mol. The van der Waals surface area contributed by atoms with Crippen molar-refractivity contribution < 1.29 is 31.6 Å². The smallest absolute Gasteiger partial charge is 0.309 e. The Morgan fingerprint density at radius 3 is 2.71 bits per heavy atom. The summed E-state index contributed by atoms with van der Waals surface area (Å²) >= 11 is 0. The number of aryl methyl sites for hydroxylation is 1. The van der Waals surface area contributed by atoms with E-state index < -0.39 is 33.9 Å². The van der Waals surface area contributed by atoms with Crippen LogP contribution in [0.15, 0.2) is 45.9 Å². The first-order chi connectivity index (χ1) is 14.8. The quantitative estimate of drug-likeness (QED) is 0.603. The molecule has 11 heteroatoms. The number of furan rings is 1. The number of carbonyl (C=O) groups excluding carboxylic acids is 2. The number of rotatable bonds is 7. The highest BCUT2D eigenvalue weighted by atomic mass is 32.2. The van der Waals surface area contributed by atoms with E-state index in [0.29, 0.717) is 25.2 Å².